The van der Waals surface area contributed by atoms with Gasteiger partial charge in [-0.3, -0.25) is 9.48 Å². The van der Waals surface area contributed by atoms with Crippen LogP contribution in [-0.4, -0.2) is 15.6 Å². The molecule has 5 rings (SSSR count). The Kier molecular flexibility index (Phi) is 4.64. The second-order valence-electron chi connectivity index (χ2n) is 11.6. The van der Waals surface area contributed by atoms with Crippen molar-refractivity contribution in [1.82, 2.24) is 9.78 Å². The van der Waals surface area contributed by atoms with E-state index in [1.54, 1.807) is 17.1 Å². The Labute approximate surface area is 176 Å². The summed E-state index contributed by atoms with van der Waals surface area (Å²) in [7, 11) is 0. The molecular formula is C25H39N3O. The van der Waals surface area contributed by atoms with E-state index in [-0.39, 0.29) is 11.3 Å². The van der Waals surface area contributed by atoms with Gasteiger partial charge in [0.2, 0.25) is 0 Å². The number of fused-ring (bicyclic) bond motifs is 5. The average molecular weight is 398 g/mol. The number of carbonyl (C=O) groups is 1. The quantitative estimate of drug-likeness (QED) is 0.750. The summed E-state index contributed by atoms with van der Waals surface area (Å²) >= 11 is 0. The van der Waals surface area contributed by atoms with E-state index >= 15 is 0 Å². The maximum absolute atomic E-state index is 13.3. The molecule has 7 unspecified atom stereocenters. The molecule has 0 saturated heterocycles. The van der Waals surface area contributed by atoms with E-state index in [1.807, 2.05) is 0 Å². The van der Waals surface area contributed by atoms with Crippen LogP contribution >= 0.6 is 0 Å². The number of hydrogen-bond acceptors (Lipinski definition) is 3. The molecule has 4 aliphatic rings. The number of hydrogen-bond donors (Lipinski definition) is 1. The molecule has 160 valence electrons. The van der Waals surface area contributed by atoms with Crippen LogP contribution in [0.1, 0.15) is 78.6 Å². The number of nitrogens with two attached hydrogens (primary N) is 1. The highest BCUT2D eigenvalue weighted by atomic mass is 16.1. The highest BCUT2D eigenvalue weighted by molar-refractivity contribution is 5.82. The van der Waals surface area contributed by atoms with E-state index in [2.05, 4.69) is 25.9 Å². The number of Topliss-reactive ketones (excluding diaryl/α,β-unsaturated/α-hetero) is 1. The topological polar surface area (TPSA) is 60.9 Å². The second kappa shape index (κ2) is 6.85. The van der Waals surface area contributed by atoms with E-state index in [4.69, 9.17) is 5.73 Å². The third-order valence-electron chi connectivity index (χ3n) is 10.3. The number of carbonyl (C=O) groups excluding carboxylic acids is 1. The maximum Gasteiger partial charge on any atom is 0.157 e. The van der Waals surface area contributed by atoms with Gasteiger partial charge in [0, 0.05) is 12.1 Å². The predicted molar refractivity (Wildman–Crippen MR) is 116 cm³/mol. The molecule has 29 heavy (non-hydrogen) atoms. The standard InChI is InChI=1S/C25H39N3O/c1-16-8-10-24(2)17(12-16)4-5-19-20-6-7-22(25(20,3)11-9-21(19)24)23(29)15-28-14-18(26)13-27-28/h13-14,16-17,19-22H,4-12,15,26H2,1-3H3/t16?,17?,19?,20?,21?,22-,24?,25?/m1/s1. The molecule has 4 nitrogen and oxygen atoms in total. The molecule has 1 aromatic heterocycles. The first-order valence-corrected chi connectivity index (χ1v) is 12.1. The van der Waals surface area contributed by atoms with Crippen molar-refractivity contribution < 1.29 is 4.79 Å². The monoisotopic (exact) mass is 397 g/mol. The lowest BCUT2D eigenvalue weighted by atomic mass is 9.44. The average Bonchev–Trinajstić information content (AvgIpc) is 3.24. The lowest BCUT2D eigenvalue weighted by Gasteiger charge is -2.61. The Morgan fingerprint density at radius 2 is 1.86 bits per heavy atom. The highest BCUT2D eigenvalue weighted by Gasteiger charge is 2.60. The number of ketones is 1. The SMILES string of the molecule is CC1CCC2(C)C(CCC3C2CCC2(C)C3CC[C@@H]2C(=O)Cn2cc(N)cn2)C1. The second-order valence-corrected chi connectivity index (χ2v) is 11.6. The van der Waals surface area contributed by atoms with Crippen molar-refractivity contribution in [2.45, 2.75) is 85.1 Å². The molecule has 0 aromatic carbocycles. The van der Waals surface area contributed by atoms with Crippen LogP contribution in [0.3, 0.4) is 0 Å². The van der Waals surface area contributed by atoms with Gasteiger partial charge >= 0.3 is 0 Å². The van der Waals surface area contributed by atoms with E-state index in [0.29, 0.717) is 23.4 Å². The Balaban J connectivity index is 1.35. The van der Waals surface area contributed by atoms with Crippen molar-refractivity contribution >= 4 is 11.5 Å². The molecule has 0 spiro atoms. The maximum atomic E-state index is 13.3. The fraction of sp³-hybridized carbons (Fsp3) is 0.840. The van der Waals surface area contributed by atoms with Crippen molar-refractivity contribution in [3.05, 3.63) is 12.4 Å². The van der Waals surface area contributed by atoms with Gasteiger partial charge in [0.1, 0.15) is 0 Å². The summed E-state index contributed by atoms with van der Waals surface area (Å²) in [4.78, 5) is 13.3. The van der Waals surface area contributed by atoms with Gasteiger partial charge in [-0.25, -0.2) is 0 Å². The van der Waals surface area contributed by atoms with Crippen LogP contribution in [0.25, 0.3) is 0 Å². The van der Waals surface area contributed by atoms with Crippen LogP contribution in [-0.2, 0) is 11.3 Å². The van der Waals surface area contributed by atoms with Crippen molar-refractivity contribution in [2.75, 3.05) is 5.73 Å². The smallest absolute Gasteiger partial charge is 0.157 e. The lowest BCUT2D eigenvalue weighted by molar-refractivity contribution is -0.137. The fourth-order valence-electron chi connectivity index (χ4n) is 8.74. The van der Waals surface area contributed by atoms with Crippen molar-refractivity contribution in [1.29, 1.82) is 0 Å². The van der Waals surface area contributed by atoms with Crippen LogP contribution in [0.15, 0.2) is 12.4 Å². The van der Waals surface area contributed by atoms with Gasteiger partial charge in [0.05, 0.1) is 18.4 Å². The molecule has 1 aromatic rings. The molecule has 0 bridgehead atoms. The zero-order valence-electron chi connectivity index (χ0n) is 18.6. The van der Waals surface area contributed by atoms with Crippen molar-refractivity contribution in [3.63, 3.8) is 0 Å². The van der Waals surface area contributed by atoms with Crippen LogP contribution in [0.2, 0.25) is 0 Å². The van der Waals surface area contributed by atoms with Crippen molar-refractivity contribution in [3.8, 4) is 0 Å². The van der Waals surface area contributed by atoms with E-state index < -0.39 is 0 Å². The minimum Gasteiger partial charge on any atom is -0.396 e. The normalized spacial score (nSPS) is 46.6. The molecule has 0 aliphatic heterocycles. The Hall–Kier alpha value is -1.32. The molecular weight excluding hydrogens is 358 g/mol. The molecule has 4 heteroatoms. The number of nitrogens with zero attached hydrogens (tertiary/aromatic N) is 2. The van der Waals surface area contributed by atoms with Gasteiger partial charge in [0.15, 0.2) is 5.78 Å². The summed E-state index contributed by atoms with van der Waals surface area (Å²) in [6.07, 6.45) is 15.5. The lowest BCUT2D eigenvalue weighted by Crippen LogP contribution is -2.53. The number of aromatic nitrogens is 2. The van der Waals surface area contributed by atoms with Crippen LogP contribution in [0.4, 0.5) is 5.69 Å². The molecule has 2 N–H and O–H groups in total. The summed E-state index contributed by atoms with van der Waals surface area (Å²) in [5, 5.41) is 4.25. The number of anilines is 1. The van der Waals surface area contributed by atoms with Gasteiger partial charge in [0.25, 0.3) is 0 Å². The third kappa shape index (κ3) is 2.99. The van der Waals surface area contributed by atoms with Crippen LogP contribution in [0.5, 0.6) is 0 Å². The summed E-state index contributed by atoms with van der Waals surface area (Å²) < 4.78 is 1.73. The Morgan fingerprint density at radius 1 is 1.10 bits per heavy atom. The third-order valence-corrected chi connectivity index (χ3v) is 10.3. The van der Waals surface area contributed by atoms with Gasteiger partial charge in [-0.15, -0.1) is 0 Å². The minimum atomic E-state index is 0.197. The fourth-order valence-corrected chi connectivity index (χ4v) is 8.74. The van der Waals surface area contributed by atoms with Gasteiger partial charge in [-0.05, 0) is 91.8 Å². The summed E-state index contributed by atoms with van der Waals surface area (Å²) in [5.74, 6) is 4.94. The first-order chi connectivity index (χ1) is 13.8. The zero-order chi connectivity index (χ0) is 20.4. The van der Waals surface area contributed by atoms with Crippen LogP contribution < -0.4 is 5.73 Å². The molecule has 8 atom stereocenters. The molecule has 4 saturated carbocycles. The van der Waals surface area contributed by atoms with E-state index in [9.17, 15) is 4.79 Å². The number of rotatable bonds is 3. The van der Waals surface area contributed by atoms with E-state index in [1.165, 1.54) is 51.4 Å². The first kappa shape index (κ1) is 19.6. The van der Waals surface area contributed by atoms with Gasteiger partial charge in [-0.2, -0.15) is 5.10 Å². The minimum absolute atomic E-state index is 0.197. The van der Waals surface area contributed by atoms with Gasteiger partial charge in [-0.1, -0.05) is 27.2 Å². The Bertz CT molecular complexity index is 787. The molecule has 0 amide bonds. The molecule has 4 aliphatic carbocycles. The highest BCUT2D eigenvalue weighted by Crippen LogP contribution is 2.67. The Morgan fingerprint density at radius 3 is 2.62 bits per heavy atom. The molecule has 0 radical (unpaired) electrons. The summed E-state index contributed by atoms with van der Waals surface area (Å²) in [6, 6.07) is 0. The zero-order valence-corrected chi connectivity index (χ0v) is 18.6. The predicted octanol–water partition coefficient (Wildman–Crippen LogP) is 5.33. The van der Waals surface area contributed by atoms with Gasteiger partial charge < -0.3 is 5.73 Å². The van der Waals surface area contributed by atoms with Crippen LogP contribution in [0, 0.1) is 46.3 Å². The van der Waals surface area contributed by atoms with E-state index in [0.717, 1.165) is 36.0 Å². The number of nitrogen functional groups attached to an aromatic ring is 1. The molecule has 4 fully saturated rings. The summed E-state index contributed by atoms with van der Waals surface area (Å²) in [5.41, 5.74) is 7.19. The summed E-state index contributed by atoms with van der Waals surface area (Å²) in [6.45, 7) is 7.95. The van der Waals surface area contributed by atoms with Crippen molar-refractivity contribution in [2.24, 2.45) is 46.3 Å². The largest absolute Gasteiger partial charge is 0.396 e. The molecule has 1 heterocycles. The first-order valence-electron chi connectivity index (χ1n) is 12.1.